The molecule has 7 nitrogen and oxygen atoms in total. The maximum absolute atomic E-state index is 12.3. The smallest absolute Gasteiger partial charge is 0.264 e. The standard InChI is InChI=1S/C19H19N3O4S/c1-10-11(2)27-19-16(10)18(24)21-15(22-19)7-8-20-17(23)14-9-25-12-5-3-4-6-13(12)26-14/h3-6,14H,7-9H2,1-2H3,(H,20,23)(H,21,22,24)/t14-/m1/s1. The van der Waals surface area contributed by atoms with Gasteiger partial charge in [-0.2, -0.15) is 0 Å². The van der Waals surface area contributed by atoms with E-state index in [9.17, 15) is 9.59 Å². The number of thiophene rings is 1. The lowest BCUT2D eigenvalue weighted by Gasteiger charge is -2.25. The first-order chi connectivity index (χ1) is 13.0. The van der Waals surface area contributed by atoms with Crippen LogP contribution in [0.1, 0.15) is 16.3 Å². The van der Waals surface area contributed by atoms with Crippen LogP contribution in [0.15, 0.2) is 29.1 Å². The molecule has 0 bridgehead atoms. The summed E-state index contributed by atoms with van der Waals surface area (Å²) in [5.74, 6) is 1.50. The lowest BCUT2D eigenvalue weighted by atomic mass is 10.2. The van der Waals surface area contributed by atoms with Crippen molar-refractivity contribution in [3.05, 3.63) is 50.9 Å². The summed E-state index contributed by atoms with van der Waals surface area (Å²) in [5.41, 5.74) is 0.835. The number of H-pyrrole nitrogens is 1. The molecule has 1 aliphatic heterocycles. The van der Waals surface area contributed by atoms with Crippen LogP contribution in [0.5, 0.6) is 11.5 Å². The molecule has 140 valence electrons. The molecular weight excluding hydrogens is 366 g/mol. The molecule has 3 heterocycles. The van der Waals surface area contributed by atoms with Gasteiger partial charge in [-0.05, 0) is 31.5 Å². The first-order valence-corrected chi connectivity index (χ1v) is 9.49. The Bertz CT molecular complexity index is 1070. The van der Waals surface area contributed by atoms with Crippen molar-refractivity contribution in [3.63, 3.8) is 0 Å². The van der Waals surface area contributed by atoms with Crippen LogP contribution in [0.25, 0.3) is 10.2 Å². The van der Waals surface area contributed by atoms with Gasteiger partial charge in [-0.1, -0.05) is 12.1 Å². The number of para-hydroxylation sites is 2. The Kier molecular flexibility index (Phi) is 4.57. The Morgan fingerprint density at radius 3 is 2.93 bits per heavy atom. The third-order valence-electron chi connectivity index (χ3n) is 4.55. The highest BCUT2D eigenvalue weighted by Gasteiger charge is 2.26. The monoisotopic (exact) mass is 385 g/mol. The van der Waals surface area contributed by atoms with Crippen LogP contribution in [-0.4, -0.2) is 35.1 Å². The van der Waals surface area contributed by atoms with E-state index in [4.69, 9.17) is 9.47 Å². The Balaban J connectivity index is 1.38. The first-order valence-electron chi connectivity index (χ1n) is 8.68. The van der Waals surface area contributed by atoms with Crippen molar-refractivity contribution in [2.75, 3.05) is 13.2 Å². The second kappa shape index (κ2) is 7.03. The molecule has 4 rings (SSSR count). The summed E-state index contributed by atoms with van der Waals surface area (Å²) in [6.45, 7) is 4.41. The average Bonchev–Trinajstić information content (AvgIpc) is 2.95. The van der Waals surface area contributed by atoms with E-state index >= 15 is 0 Å². The molecule has 0 saturated heterocycles. The summed E-state index contributed by atoms with van der Waals surface area (Å²) in [6.07, 6.45) is -0.270. The molecule has 0 radical (unpaired) electrons. The van der Waals surface area contributed by atoms with Crippen LogP contribution in [0.2, 0.25) is 0 Å². The van der Waals surface area contributed by atoms with Crippen molar-refractivity contribution in [2.45, 2.75) is 26.4 Å². The number of aryl methyl sites for hydroxylation is 2. The van der Waals surface area contributed by atoms with E-state index in [-0.39, 0.29) is 18.1 Å². The normalized spacial score (nSPS) is 15.7. The highest BCUT2D eigenvalue weighted by atomic mass is 32.1. The predicted molar refractivity (Wildman–Crippen MR) is 103 cm³/mol. The van der Waals surface area contributed by atoms with Crippen LogP contribution in [0.3, 0.4) is 0 Å². The van der Waals surface area contributed by atoms with Gasteiger partial charge in [0, 0.05) is 17.8 Å². The van der Waals surface area contributed by atoms with Crippen molar-refractivity contribution in [1.82, 2.24) is 15.3 Å². The van der Waals surface area contributed by atoms with Gasteiger partial charge < -0.3 is 19.8 Å². The average molecular weight is 385 g/mol. The summed E-state index contributed by atoms with van der Waals surface area (Å²) < 4.78 is 11.2. The molecule has 0 unspecified atom stereocenters. The molecule has 1 amide bonds. The van der Waals surface area contributed by atoms with Gasteiger partial charge in [0.25, 0.3) is 11.5 Å². The zero-order chi connectivity index (χ0) is 19.0. The second-order valence-corrected chi connectivity index (χ2v) is 7.58. The predicted octanol–water partition coefficient (Wildman–Crippen LogP) is 2.10. The molecular formula is C19H19N3O4S. The third kappa shape index (κ3) is 3.40. The molecule has 1 aromatic carbocycles. The zero-order valence-corrected chi connectivity index (χ0v) is 15.8. The molecule has 1 atom stereocenters. The Labute approximate surface area is 159 Å². The number of amides is 1. The topological polar surface area (TPSA) is 93.3 Å². The Morgan fingerprint density at radius 1 is 1.33 bits per heavy atom. The number of ether oxygens (including phenoxy) is 2. The molecule has 3 aromatic rings. The third-order valence-corrected chi connectivity index (χ3v) is 5.65. The zero-order valence-electron chi connectivity index (χ0n) is 15.0. The number of nitrogens with one attached hydrogen (secondary N) is 2. The number of aromatic nitrogens is 2. The van der Waals surface area contributed by atoms with Gasteiger partial charge in [-0.15, -0.1) is 11.3 Å². The first kappa shape index (κ1) is 17.5. The van der Waals surface area contributed by atoms with Gasteiger partial charge in [-0.3, -0.25) is 9.59 Å². The minimum atomic E-state index is -0.697. The fourth-order valence-electron chi connectivity index (χ4n) is 2.98. The van der Waals surface area contributed by atoms with Gasteiger partial charge in [-0.25, -0.2) is 4.98 Å². The van der Waals surface area contributed by atoms with Crippen molar-refractivity contribution >= 4 is 27.5 Å². The van der Waals surface area contributed by atoms with Crippen LogP contribution in [0, 0.1) is 13.8 Å². The quantitative estimate of drug-likeness (QED) is 0.717. The van der Waals surface area contributed by atoms with E-state index in [0.29, 0.717) is 35.7 Å². The lowest BCUT2D eigenvalue weighted by Crippen LogP contribution is -2.44. The van der Waals surface area contributed by atoms with Crippen molar-refractivity contribution in [3.8, 4) is 11.5 Å². The Hall–Kier alpha value is -2.87. The van der Waals surface area contributed by atoms with Crippen molar-refractivity contribution in [1.29, 1.82) is 0 Å². The van der Waals surface area contributed by atoms with Crippen molar-refractivity contribution < 1.29 is 14.3 Å². The number of aromatic amines is 1. The number of fused-ring (bicyclic) bond motifs is 2. The summed E-state index contributed by atoms with van der Waals surface area (Å²) in [5, 5.41) is 3.46. The van der Waals surface area contributed by atoms with Gasteiger partial charge in [0.2, 0.25) is 6.10 Å². The Morgan fingerprint density at radius 2 is 2.11 bits per heavy atom. The molecule has 0 spiro atoms. The molecule has 2 N–H and O–H groups in total. The van der Waals surface area contributed by atoms with E-state index in [0.717, 1.165) is 15.3 Å². The molecule has 1 aliphatic rings. The summed E-state index contributed by atoms with van der Waals surface area (Å²) in [6, 6.07) is 7.25. The van der Waals surface area contributed by atoms with E-state index in [1.165, 1.54) is 11.3 Å². The molecule has 0 aliphatic carbocycles. The van der Waals surface area contributed by atoms with Gasteiger partial charge in [0.05, 0.1) is 5.39 Å². The summed E-state index contributed by atoms with van der Waals surface area (Å²) in [7, 11) is 0. The van der Waals surface area contributed by atoms with Crippen LogP contribution in [0.4, 0.5) is 0 Å². The number of nitrogens with zero attached hydrogens (tertiary/aromatic N) is 1. The van der Waals surface area contributed by atoms with E-state index in [1.54, 1.807) is 12.1 Å². The van der Waals surface area contributed by atoms with Gasteiger partial charge in [0.15, 0.2) is 11.5 Å². The number of rotatable bonds is 4. The number of hydrogen-bond donors (Lipinski definition) is 2. The molecule has 8 heteroatoms. The van der Waals surface area contributed by atoms with Gasteiger partial charge >= 0.3 is 0 Å². The lowest BCUT2D eigenvalue weighted by molar-refractivity contribution is -0.130. The maximum Gasteiger partial charge on any atom is 0.264 e. The fraction of sp³-hybridized carbons (Fsp3) is 0.316. The van der Waals surface area contributed by atoms with Crippen LogP contribution >= 0.6 is 11.3 Å². The summed E-state index contributed by atoms with van der Waals surface area (Å²) in [4.78, 5) is 33.7. The van der Waals surface area contributed by atoms with E-state index < -0.39 is 6.10 Å². The number of hydrogen-bond acceptors (Lipinski definition) is 6. The van der Waals surface area contributed by atoms with E-state index in [1.807, 2.05) is 26.0 Å². The largest absolute Gasteiger partial charge is 0.485 e. The highest BCUT2D eigenvalue weighted by molar-refractivity contribution is 7.18. The molecule has 0 saturated carbocycles. The minimum absolute atomic E-state index is 0.135. The summed E-state index contributed by atoms with van der Waals surface area (Å²) >= 11 is 1.51. The minimum Gasteiger partial charge on any atom is -0.485 e. The second-order valence-electron chi connectivity index (χ2n) is 6.38. The van der Waals surface area contributed by atoms with Crippen LogP contribution < -0.4 is 20.3 Å². The SMILES string of the molecule is Cc1sc2nc(CCNC(=O)[C@H]3COc4ccccc4O3)[nH]c(=O)c2c1C. The van der Waals surface area contributed by atoms with Crippen LogP contribution in [-0.2, 0) is 11.2 Å². The fourth-order valence-corrected chi connectivity index (χ4v) is 4.03. The molecule has 27 heavy (non-hydrogen) atoms. The highest BCUT2D eigenvalue weighted by Crippen LogP contribution is 2.30. The maximum atomic E-state index is 12.3. The number of carbonyl (C=O) groups is 1. The molecule has 2 aromatic heterocycles. The number of carbonyl (C=O) groups excluding carboxylic acids is 1. The molecule has 0 fully saturated rings. The van der Waals surface area contributed by atoms with Gasteiger partial charge in [0.1, 0.15) is 17.3 Å². The number of benzene rings is 1. The van der Waals surface area contributed by atoms with E-state index in [2.05, 4.69) is 15.3 Å². The van der Waals surface area contributed by atoms with Crippen molar-refractivity contribution in [2.24, 2.45) is 0 Å².